The SMILES string of the molecule is CN(C)CC(N)c1noc(-c2cc(F)ccc2Br)n1. The van der Waals surface area contributed by atoms with Crippen molar-refractivity contribution in [1.82, 2.24) is 15.0 Å². The van der Waals surface area contributed by atoms with E-state index in [-0.39, 0.29) is 17.7 Å². The zero-order chi connectivity index (χ0) is 14.0. The van der Waals surface area contributed by atoms with Gasteiger partial charge in [-0.3, -0.25) is 0 Å². The van der Waals surface area contributed by atoms with Gasteiger partial charge in [0.25, 0.3) is 5.89 Å². The fourth-order valence-electron chi connectivity index (χ4n) is 1.63. The van der Waals surface area contributed by atoms with Crippen LogP contribution in [0.3, 0.4) is 0 Å². The minimum Gasteiger partial charge on any atom is -0.334 e. The van der Waals surface area contributed by atoms with Crippen molar-refractivity contribution in [2.24, 2.45) is 5.73 Å². The minimum atomic E-state index is -0.365. The predicted octanol–water partition coefficient (Wildman–Crippen LogP) is 2.20. The number of halogens is 2. The van der Waals surface area contributed by atoms with E-state index in [0.29, 0.717) is 22.4 Å². The van der Waals surface area contributed by atoms with E-state index in [4.69, 9.17) is 10.3 Å². The van der Waals surface area contributed by atoms with Gasteiger partial charge in [-0.15, -0.1) is 0 Å². The lowest BCUT2D eigenvalue weighted by Crippen LogP contribution is -2.26. The molecule has 0 amide bonds. The Hall–Kier alpha value is -1.31. The Labute approximate surface area is 118 Å². The maximum atomic E-state index is 13.2. The Morgan fingerprint density at radius 2 is 2.21 bits per heavy atom. The molecular formula is C12H14BrFN4O. The van der Waals surface area contributed by atoms with Crippen molar-refractivity contribution in [3.05, 3.63) is 34.3 Å². The zero-order valence-electron chi connectivity index (χ0n) is 10.6. The van der Waals surface area contributed by atoms with Crippen molar-refractivity contribution >= 4 is 15.9 Å². The van der Waals surface area contributed by atoms with Crippen LogP contribution in [-0.2, 0) is 0 Å². The van der Waals surface area contributed by atoms with Crippen molar-refractivity contribution in [3.8, 4) is 11.5 Å². The third kappa shape index (κ3) is 3.37. The largest absolute Gasteiger partial charge is 0.334 e. The molecule has 0 radical (unpaired) electrons. The third-order valence-corrected chi connectivity index (χ3v) is 3.19. The van der Waals surface area contributed by atoms with Gasteiger partial charge in [-0.2, -0.15) is 4.98 Å². The average Bonchev–Trinajstić information content (AvgIpc) is 2.80. The van der Waals surface area contributed by atoms with Gasteiger partial charge in [-0.1, -0.05) is 5.16 Å². The molecule has 19 heavy (non-hydrogen) atoms. The molecule has 2 N–H and O–H groups in total. The summed E-state index contributed by atoms with van der Waals surface area (Å²) in [5.41, 5.74) is 6.45. The monoisotopic (exact) mass is 328 g/mol. The summed E-state index contributed by atoms with van der Waals surface area (Å²) in [5, 5.41) is 3.84. The summed E-state index contributed by atoms with van der Waals surface area (Å²) in [4.78, 5) is 6.14. The van der Waals surface area contributed by atoms with E-state index in [0.717, 1.165) is 0 Å². The lowest BCUT2D eigenvalue weighted by molar-refractivity contribution is 0.357. The van der Waals surface area contributed by atoms with Crippen molar-refractivity contribution < 1.29 is 8.91 Å². The fourth-order valence-corrected chi connectivity index (χ4v) is 2.05. The summed E-state index contributed by atoms with van der Waals surface area (Å²) in [6.07, 6.45) is 0. The third-order valence-electron chi connectivity index (χ3n) is 2.49. The average molecular weight is 329 g/mol. The first-order valence-corrected chi connectivity index (χ1v) is 6.46. The highest BCUT2D eigenvalue weighted by Crippen LogP contribution is 2.28. The van der Waals surface area contributed by atoms with Crippen LogP contribution < -0.4 is 5.73 Å². The molecule has 0 saturated carbocycles. The lowest BCUT2D eigenvalue weighted by atomic mass is 10.2. The standard InChI is InChI=1S/C12H14BrFN4O/c1-18(2)6-10(15)11-16-12(19-17-11)8-5-7(14)3-4-9(8)13/h3-5,10H,6,15H2,1-2H3. The number of hydrogen-bond acceptors (Lipinski definition) is 5. The predicted molar refractivity (Wildman–Crippen MR) is 72.9 cm³/mol. The minimum absolute atomic E-state index is 0.246. The summed E-state index contributed by atoms with van der Waals surface area (Å²) in [5.74, 6) is 0.283. The van der Waals surface area contributed by atoms with Gasteiger partial charge in [0, 0.05) is 11.0 Å². The topological polar surface area (TPSA) is 68.2 Å². The first kappa shape index (κ1) is 14.1. The molecule has 1 heterocycles. The molecule has 1 unspecified atom stereocenters. The molecule has 5 nitrogen and oxygen atoms in total. The zero-order valence-corrected chi connectivity index (χ0v) is 12.2. The second kappa shape index (κ2) is 5.77. The van der Waals surface area contributed by atoms with Gasteiger partial charge < -0.3 is 15.2 Å². The van der Waals surface area contributed by atoms with Crippen molar-refractivity contribution in [3.63, 3.8) is 0 Å². The lowest BCUT2D eigenvalue weighted by Gasteiger charge is -2.12. The Bertz CT molecular complexity index is 573. The highest BCUT2D eigenvalue weighted by atomic mass is 79.9. The Balaban J connectivity index is 2.28. The molecule has 0 saturated heterocycles. The van der Waals surface area contributed by atoms with E-state index >= 15 is 0 Å². The Morgan fingerprint density at radius 1 is 1.47 bits per heavy atom. The van der Waals surface area contributed by atoms with Crippen LogP contribution in [0.25, 0.3) is 11.5 Å². The maximum absolute atomic E-state index is 13.2. The summed E-state index contributed by atoms with van der Waals surface area (Å²) in [7, 11) is 3.81. The molecule has 2 aromatic rings. The molecule has 1 atom stereocenters. The highest BCUT2D eigenvalue weighted by Gasteiger charge is 2.17. The first-order chi connectivity index (χ1) is 8.97. The quantitative estimate of drug-likeness (QED) is 0.931. The van der Waals surface area contributed by atoms with E-state index < -0.39 is 0 Å². The molecule has 7 heteroatoms. The van der Waals surface area contributed by atoms with Gasteiger partial charge in [0.1, 0.15) is 5.82 Å². The van der Waals surface area contributed by atoms with E-state index in [9.17, 15) is 4.39 Å². The number of aromatic nitrogens is 2. The van der Waals surface area contributed by atoms with Crippen LogP contribution in [-0.4, -0.2) is 35.7 Å². The number of rotatable bonds is 4. The normalized spacial score (nSPS) is 12.9. The molecule has 1 aromatic carbocycles. The molecule has 102 valence electrons. The summed E-state index contributed by atoms with van der Waals surface area (Å²) < 4.78 is 19.0. The molecule has 2 rings (SSSR count). The van der Waals surface area contributed by atoms with Gasteiger partial charge in [-0.25, -0.2) is 4.39 Å². The molecule has 0 aliphatic carbocycles. The van der Waals surface area contributed by atoms with Gasteiger partial charge in [0.15, 0.2) is 5.82 Å². The van der Waals surface area contributed by atoms with E-state index in [1.54, 1.807) is 6.07 Å². The van der Waals surface area contributed by atoms with Crippen LogP contribution in [0.2, 0.25) is 0 Å². The van der Waals surface area contributed by atoms with Crippen LogP contribution >= 0.6 is 15.9 Å². The van der Waals surface area contributed by atoms with Crippen LogP contribution in [0.4, 0.5) is 4.39 Å². The van der Waals surface area contributed by atoms with E-state index in [1.165, 1.54) is 12.1 Å². The number of hydrogen-bond donors (Lipinski definition) is 1. The van der Waals surface area contributed by atoms with Crippen LogP contribution in [0.1, 0.15) is 11.9 Å². The number of likely N-dealkylation sites (N-methyl/N-ethyl adjacent to an activating group) is 1. The van der Waals surface area contributed by atoms with Crippen LogP contribution in [0.15, 0.2) is 27.2 Å². The van der Waals surface area contributed by atoms with Gasteiger partial charge in [-0.05, 0) is 48.2 Å². The van der Waals surface area contributed by atoms with E-state index in [1.807, 2.05) is 19.0 Å². The number of nitrogens with two attached hydrogens (primary N) is 1. The molecule has 0 fully saturated rings. The Kier molecular flexibility index (Phi) is 4.28. The van der Waals surface area contributed by atoms with Crippen molar-refractivity contribution in [2.45, 2.75) is 6.04 Å². The summed E-state index contributed by atoms with van der Waals surface area (Å²) >= 11 is 3.32. The molecular weight excluding hydrogens is 315 g/mol. The molecule has 1 aromatic heterocycles. The van der Waals surface area contributed by atoms with Crippen molar-refractivity contribution in [2.75, 3.05) is 20.6 Å². The van der Waals surface area contributed by atoms with Crippen LogP contribution in [0, 0.1) is 5.82 Å². The second-order valence-corrected chi connectivity index (χ2v) is 5.30. The molecule has 0 aliphatic heterocycles. The number of nitrogens with zero attached hydrogens (tertiary/aromatic N) is 3. The summed E-state index contributed by atoms with van der Waals surface area (Å²) in [6, 6.07) is 3.93. The highest BCUT2D eigenvalue weighted by molar-refractivity contribution is 9.10. The maximum Gasteiger partial charge on any atom is 0.259 e. The van der Waals surface area contributed by atoms with Crippen molar-refractivity contribution in [1.29, 1.82) is 0 Å². The summed E-state index contributed by atoms with van der Waals surface area (Å²) in [6.45, 7) is 0.600. The number of benzene rings is 1. The molecule has 0 bridgehead atoms. The van der Waals surface area contributed by atoms with Gasteiger partial charge in [0.2, 0.25) is 0 Å². The van der Waals surface area contributed by atoms with Gasteiger partial charge in [0.05, 0.1) is 11.6 Å². The van der Waals surface area contributed by atoms with Gasteiger partial charge >= 0.3 is 0 Å². The smallest absolute Gasteiger partial charge is 0.259 e. The van der Waals surface area contributed by atoms with Crippen LogP contribution in [0.5, 0.6) is 0 Å². The first-order valence-electron chi connectivity index (χ1n) is 5.66. The van der Waals surface area contributed by atoms with E-state index in [2.05, 4.69) is 26.1 Å². The fraction of sp³-hybridized carbons (Fsp3) is 0.333. The second-order valence-electron chi connectivity index (χ2n) is 4.45. The molecule has 0 aliphatic rings. The molecule has 0 spiro atoms. The Morgan fingerprint density at radius 3 is 2.89 bits per heavy atom.